The smallest absolute Gasteiger partial charge is 0.337 e. The van der Waals surface area contributed by atoms with Gasteiger partial charge in [-0.05, 0) is 38.1 Å². The SMILES string of the molecule is COC(=O)c1ccc(-c2ccc([C@@H]3CC(=O)NC4=C3C(=O)OC4(C)C)o2)cc1. The van der Waals surface area contributed by atoms with Crippen LogP contribution in [0.5, 0.6) is 0 Å². The second-order valence-corrected chi connectivity index (χ2v) is 7.26. The van der Waals surface area contributed by atoms with Gasteiger partial charge in [-0.15, -0.1) is 0 Å². The van der Waals surface area contributed by atoms with Crippen molar-refractivity contribution < 1.29 is 28.3 Å². The van der Waals surface area contributed by atoms with Crippen LogP contribution in [0, 0.1) is 0 Å². The molecule has 7 nitrogen and oxygen atoms in total. The molecule has 0 bridgehead atoms. The van der Waals surface area contributed by atoms with E-state index in [2.05, 4.69) is 5.32 Å². The molecule has 1 aromatic heterocycles. The average Bonchev–Trinajstić information content (AvgIpc) is 3.24. The molecule has 0 spiro atoms. The van der Waals surface area contributed by atoms with Crippen molar-refractivity contribution >= 4 is 17.8 Å². The summed E-state index contributed by atoms with van der Waals surface area (Å²) in [4.78, 5) is 36.2. The first-order chi connectivity index (χ1) is 13.3. The lowest BCUT2D eigenvalue weighted by atomic mass is 9.86. The molecule has 2 aliphatic heterocycles. The molecule has 0 radical (unpaired) electrons. The van der Waals surface area contributed by atoms with Crippen LogP contribution in [-0.2, 0) is 19.1 Å². The Labute approximate surface area is 161 Å². The number of ether oxygens (including phenoxy) is 2. The van der Waals surface area contributed by atoms with Gasteiger partial charge in [-0.2, -0.15) is 0 Å². The van der Waals surface area contributed by atoms with E-state index in [0.717, 1.165) is 5.56 Å². The molecule has 3 heterocycles. The molecule has 1 amide bonds. The van der Waals surface area contributed by atoms with Crippen molar-refractivity contribution in [1.82, 2.24) is 5.32 Å². The lowest BCUT2D eigenvalue weighted by Gasteiger charge is -2.26. The van der Waals surface area contributed by atoms with Gasteiger partial charge in [0.25, 0.3) is 0 Å². The van der Waals surface area contributed by atoms with Gasteiger partial charge in [-0.1, -0.05) is 12.1 Å². The van der Waals surface area contributed by atoms with Crippen LogP contribution in [0.2, 0.25) is 0 Å². The van der Waals surface area contributed by atoms with Crippen LogP contribution in [0.3, 0.4) is 0 Å². The first kappa shape index (κ1) is 18.0. The summed E-state index contributed by atoms with van der Waals surface area (Å²) in [5, 5.41) is 2.77. The number of cyclic esters (lactones) is 1. The normalized spacial score (nSPS) is 20.5. The summed E-state index contributed by atoms with van der Waals surface area (Å²) in [6, 6.07) is 10.3. The molecule has 0 saturated carbocycles. The third-order valence-electron chi connectivity index (χ3n) is 5.00. The zero-order chi connectivity index (χ0) is 20.1. The molecule has 1 N–H and O–H groups in total. The molecule has 28 heavy (non-hydrogen) atoms. The number of hydrogen-bond acceptors (Lipinski definition) is 6. The number of methoxy groups -OCH3 is 1. The molecule has 1 atom stereocenters. The number of amides is 1. The standard InChI is InChI=1S/C21H19NO6/c1-21(2)18-17(20(25)28-21)13(10-16(23)22-18)15-9-8-14(27-15)11-4-6-12(7-5-11)19(24)26-3/h4-9,13H,10H2,1-3H3,(H,22,23)/t13-/m0/s1. The molecule has 0 fully saturated rings. The Morgan fingerprint density at radius 2 is 1.86 bits per heavy atom. The minimum atomic E-state index is -0.875. The molecule has 4 rings (SSSR count). The number of carbonyl (C=O) groups excluding carboxylic acids is 3. The van der Waals surface area contributed by atoms with E-state index < -0.39 is 23.5 Å². The van der Waals surface area contributed by atoms with Crippen LogP contribution in [0.15, 0.2) is 52.1 Å². The van der Waals surface area contributed by atoms with Crippen LogP contribution in [0.4, 0.5) is 0 Å². The van der Waals surface area contributed by atoms with Gasteiger partial charge in [0, 0.05) is 12.0 Å². The maximum Gasteiger partial charge on any atom is 0.337 e. The Morgan fingerprint density at radius 1 is 1.14 bits per heavy atom. The third-order valence-corrected chi connectivity index (χ3v) is 5.00. The highest BCUT2D eigenvalue weighted by molar-refractivity contribution is 5.99. The monoisotopic (exact) mass is 381 g/mol. The number of hydrogen-bond donors (Lipinski definition) is 1. The Kier molecular flexibility index (Phi) is 4.10. The summed E-state index contributed by atoms with van der Waals surface area (Å²) >= 11 is 0. The fourth-order valence-corrected chi connectivity index (χ4v) is 3.60. The van der Waals surface area contributed by atoms with E-state index in [0.29, 0.717) is 28.4 Å². The second-order valence-electron chi connectivity index (χ2n) is 7.26. The van der Waals surface area contributed by atoms with E-state index in [4.69, 9.17) is 13.9 Å². The molecule has 2 aliphatic rings. The molecule has 1 aromatic carbocycles. The van der Waals surface area contributed by atoms with Gasteiger partial charge in [0.15, 0.2) is 0 Å². The maximum absolute atomic E-state index is 12.4. The van der Waals surface area contributed by atoms with Gasteiger partial charge < -0.3 is 19.2 Å². The summed E-state index contributed by atoms with van der Waals surface area (Å²) in [5.74, 6) is -0.446. The number of nitrogens with one attached hydrogen (secondary N) is 1. The predicted molar refractivity (Wildman–Crippen MR) is 98.2 cm³/mol. The van der Waals surface area contributed by atoms with E-state index in [-0.39, 0.29) is 12.3 Å². The number of carbonyl (C=O) groups is 3. The van der Waals surface area contributed by atoms with Gasteiger partial charge in [-0.25, -0.2) is 9.59 Å². The Hall–Kier alpha value is -3.35. The van der Waals surface area contributed by atoms with Gasteiger partial charge in [-0.3, -0.25) is 4.79 Å². The first-order valence-corrected chi connectivity index (χ1v) is 8.86. The number of benzene rings is 1. The van der Waals surface area contributed by atoms with Gasteiger partial charge in [0.1, 0.15) is 17.1 Å². The minimum Gasteiger partial charge on any atom is -0.465 e. The van der Waals surface area contributed by atoms with Crippen LogP contribution in [0.1, 0.15) is 42.3 Å². The summed E-state index contributed by atoms with van der Waals surface area (Å²) < 4.78 is 16.1. The van der Waals surface area contributed by atoms with Crippen LogP contribution in [0.25, 0.3) is 11.3 Å². The molecular weight excluding hydrogens is 362 g/mol. The fourth-order valence-electron chi connectivity index (χ4n) is 3.60. The van der Waals surface area contributed by atoms with Crippen molar-refractivity contribution in [1.29, 1.82) is 0 Å². The summed E-state index contributed by atoms with van der Waals surface area (Å²) in [6.45, 7) is 3.48. The number of furan rings is 1. The highest BCUT2D eigenvalue weighted by Crippen LogP contribution is 2.43. The van der Waals surface area contributed by atoms with E-state index in [1.807, 2.05) is 0 Å². The number of esters is 2. The minimum absolute atomic E-state index is 0.109. The lowest BCUT2D eigenvalue weighted by molar-refractivity contribution is -0.144. The van der Waals surface area contributed by atoms with E-state index in [1.54, 1.807) is 50.2 Å². The third kappa shape index (κ3) is 2.89. The molecular formula is C21H19NO6. The average molecular weight is 381 g/mol. The van der Waals surface area contributed by atoms with Crippen molar-refractivity contribution in [3.8, 4) is 11.3 Å². The Balaban J connectivity index is 1.67. The van der Waals surface area contributed by atoms with E-state index in [9.17, 15) is 14.4 Å². The summed E-state index contributed by atoms with van der Waals surface area (Å²) in [7, 11) is 1.33. The van der Waals surface area contributed by atoms with E-state index in [1.165, 1.54) is 7.11 Å². The topological polar surface area (TPSA) is 94.8 Å². The largest absolute Gasteiger partial charge is 0.465 e. The predicted octanol–water partition coefficient (Wildman–Crippen LogP) is 2.93. The van der Waals surface area contributed by atoms with Crippen molar-refractivity contribution in [3.05, 3.63) is 59.0 Å². The number of rotatable bonds is 3. The summed E-state index contributed by atoms with van der Waals surface area (Å²) in [5.41, 5.74) is 1.26. The summed E-state index contributed by atoms with van der Waals surface area (Å²) in [6.07, 6.45) is 0.109. The van der Waals surface area contributed by atoms with Crippen molar-refractivity contribution in [2.45, 2.75) is 31.8 Å². The Bertz CT molecular complexity index is 1010. The van der Waals surface area contributed by atoms with Gasteiger partial charge >= 0.3 is 11.9 Å². The van der Waals surface area contributed by atoms with Crippen LogP contribution < -0.4 is 5.32 Å². The highest BCUT2D eigenvalue weighted by atomic mass is 16.6. The van der Waals surface area contributed by atoms with Crippen LogP contribution in [-0.4, -0.2) is 30.6 Å². The highest BCUT2D eigenvalue weighted by Gasteiger charge is 2.48. The van der Waals surface area contributed by atoms with E-state index >= 15 is 0 Å². The van der Waals surface area contributed by atoms with Crippen molar-refractivity contribution in [2.75, 3.05) is 7.11 Å². The quantitative estimate of drug-likeness (QED) is 0.822. The lowest BCUT2D eigenvalue weighted by Crippen LogP contribution is -2.38. The van der Waals surface area contributed by atoms with Crippen LogP contribution >= 0.6 is 0 Å². The molecule has 2 aromatic rings. The molecule has 0 aliphatic carbocycles. The first-order valence-electron chi connectivity index (χ1n) is 8.86. The maximum atomic E-state index is 12.4. The van der Waals surface area contributed by atoms with Crippen molar-refractivity contribution in [3.63, 3.8) is 0 Å². The van der Waals surface area contributed by atoms with Gasteiger partial charge in [0.2, 0.25) is 5.91 Å². The second kappa shape index (κ2) is 6.37. The zero-order valence-corrected chi connectivity index (χ0v) is 15.7. The van der Waals surface area contributed by atoms with Crippen molar-refractivity contribution in [2.24, 2.45) is 0 Å². The Morgan fingerprint density at radius 3 is 2.54 bits per heavy atom. The molecule has 144 valence electrons. The fraction of sp³-hybridized carbons (Fsp3) is 0.286. The molecule has 0 saturated heterocycles. The zero-order valence-electron chi connectivity index (χ0n) is 15.7. The molecule has 7 heteroatoms. The van der Waals surface area contributed by atoms with Gasteiger partial charge in [0.05, 0.1) is 29.9 Å². The molecule has 0 unspecified atom stereocenters.